The third-order valence-electron chi connectivity index (χ3n) is 1.76. The lowest BCUT2D eigenvalue weighted by atomic mass is 10.2. The highest BCUT2D eigenvalue weighted by Gasteiger charge is 2.05. The van der Waals surface area contributed by atoms with E-state index in [0.29, 0.717) is 0 Å². The minimum Gasteiger partial charge on any atom is -0.308 e. The summed E-state index contributed by atoms with van der Waals surface area (Å²) in [4.78, 5) is 0. The Hall–Kier alpha value is -0.800. The molecule has 0 atom stereocenters. The molecule has 0 bridgehead atoms. The number of hydrogen-bond donors (Lipinski definition) is 2. The van der Waals surface area contributed by atoms with Crippen molar-refractivity contribution in [2.24, 2.45) is 0 Å². The third-order valence-corrected chi connectivity index (χ3v) is 3.26. The maximum atomic E-state index is 7.22. The SMILES string of the molecule is N=Cc1c(S)sc2ccccc12. The molecule has 0 fully saturated rings. The molecular formula is C9H7NS2. The van der Waals surface area contributed by atoms with E-state index in [0.717, 1.165) is 15.2 Å². The highest BCUT2D eigenvalue weighted by molar-refractivity contribution is 7.83. The Labute approximate surface area is 80.0 Å². The molecule has 0 amide bonds. The van der Waals surface area contributed by atoms with Gasteiger partial charge in [0.15, 0.2) is 0 Å². The molecule has 0 saturated heterocycles. The highest BCUT2D eigenvalue weighted by atomic mass is 32.2. The maximum absolute atomic E-state index is 7.22. The minimum absolute atomic E-state index is 0.922. The largest absolute Gasteiger partial charge is 0.308 e. The summed E-state index contributed by atoms with van der Waals surface area (Å²) in [7, 11) is 0. The van der Waals surface area contributed by atoms with Crippen LogP contribution in [0.25, 0.3) is 10.1 Å². The van der Waals surface area contributed by atoms with E-state index >= 15 is 0 Å². The van der Waals surface area contributed by atoms with E-state index in [1.165, 1.54) is 10.9 Å². The first-order valence-corrected chi connectivity index (χ1v) is 4.80. The van der Waals surface area contributed by atoms with E-state index in [9.17, 15) is 0 Å². The van der Waals surface area contributed by atoms with Crippen molar-refractivity contribution >= 4 is 40.3 Å². The van der Waals surface area contributed by atoms with Crippen LogP contribution in [0, 0.1) is 5.41 Å². The minimum atomic E-state index is 0.922. The summed E-state index contributed by atoms with van der Waals surface area (Å²) < 4.78 is 2.12. The van der Waals surface area contributed by atoms with Crippen LogP contribution < -0.4 is 0 Å². The summed E-state index contributed by atoms with van der Waals surface area (Å²) in [5.74, 6) is 0. The zero-order valence-corrected chi connectivity index (χ0v) is 7.95. The Morgan fingerprint density at radius 3 is 2.83 bits per heavy atom. The number of thiophene rings is 1. The van der Waals surface area contributed by atoms with E-state index < -0.39 is 0 Å². The zero-order valence-electron chi connectivity index (χ0n) is 6.24. The fourth-order valence-corrected chi connectivity index (χ4v) is 2.59. The topological polar surface area (TPSA) is 23.9 Å². The molecular weight excluding hydrogens is 186 g/mol. The molecule has 0 unspecified atom stereocenters. The van der Waals surface area contributed by atoms with Crippen LogP contribution in [0.3, 0.4) is 0 Å². The summed E-state index contributed by atoms with van der Waals surface area (Å²) in [5, 5.41) is 8.34. The Balaban J connectivity index is 2.90. The summed E-state index contributed by atoms with van der Waals surface area (Å²) in [6, 6.07) is 8.05. The first kappa shape index (κ1) is 7.83. The second-order valence-electron chi connectivity index (χ2n) is 2.46. The molecule has 2 aromatic rings. The molecule has 0 aliphatic heterocycles. The van der Waals surface area contributed by atoms with Crippen LogP contribution in [0.2, 0.25) is 0 Å². The fourth-order valence-electron chi connectivity index (χ4n) is 1.19. The van der Waals surface area contributed by atoms with Crippen LogP contribution in [0.4, 0.5) is 0 Å². The van der Waals surface area contributed by atoms with Crippen molar-refractivity contribution in [3.05, 3.63) is 29.8 Å². The molecule has 1 N–H and O–H groups in total. The third kappa shape index (κ3) is 1.06. The summed E-state index contributed by atoms with van der Waals surface area (Å²) in [5.41, 5.74) is 0.930. The molecule has 1 aromatic heterocycles. The molecule has 0 saturated carbocycles. The second-order valence-corrected chi connectivity index (χ2v) is 4.26. The van der Waals surface area contributed by atoms with Gasteiger partial charge in [-0.2, -0.15) is 0 Å². The number of rotatable bonds is 1. The average Bonchev–Trinajstić information content (AvgIpc) is 2.40. The van der Waals surface area contributed by atoms with Crippen LogP contribution in [0.15, 0.2) is 28.5 Å². The van der Waals surface area contributed by atoms with Crippen molar-refractivity contribution in [2.75, 3.05) is 0 Å². The fraction of sp³-hybridized carbons (Fsp3) is 0. The smallest absolute Gasteiger partial charge is 0.0668 e. The number of fused-ring (bicyclic) bond motifs is 1. The lowest BCUT2D eigenvalue weighted by Gasteiger charge is -1.88. The van der Waals surface area contributed by atoms with Crippen molar-refractivity contribution in [1.29, 1.82) is 5.41 Å². The van der Waals surface area contributed by atoms with Gasteiger partial charge in [0.2, 0.25) is 0 Å². The van der Waals surface area contributed by atoms with Crippen molar-refractivity contribution in [2.45, 2.75) is 4.21 Å². The van der Waals surface area contributed by atoms with Gasteiger partial charge in [0.25, 0.3) is 0 Å². The van der Waals surface area contributed by atoms with E-state index in [4.69, 9.17) is 5.41 Å². The van der Waals surface area contributed by atoms with Crippen molar-refractivity contribution in [3.63, 3.8) is 0 Å². The molecule has 12 heavy (non-hydrogen) atoms. The molecule has 1 nitrogen and oxygen atoms in total. The zero-order chi connectivity index (χ0) is 8.55. The molecule has 3 heteroatoms. The van der Waals surface area contributed by atoms with Crippen LogP contribution >= 0.6 is 24.0 Å². The molecule has 60 valence electrons. The maximum Gasteiger partial charge on any atom is 0.0668 e. The van der Waals surface area contributed by atoms with E-state index in [1.54, 1.807) is 11.3 Å². The Kier molecular flexibility index (Phi) is 1.90. The van der Waals surface area contributed by atoms with E-state index in [2.05, 4.69) is 12.6 Å². The Morgan fingerprint density at radius 1 is 1.33 bits per heavy atom. The molecule has 1 aromatic carbocycles. The van der Waals surface area contributed by atoms with Crippen molar-refractivity contribution in [3.8, 4) is 0 Å². The van der Waals surface area contributed by atoms with Crippen molar-refractivity contribution < 1.29 is 0 Å². The van der Waals surface area contributed by atoms with Gasteiger partial charge in [-0.15, -0.1) is 24.0 Å². The Morgan fingerprint density at radius 2 is 2.08 bits per heavy atom. The molecule has 0 spiro atoms. The van der Waals surface area contributed by atoms with Gasteiger partial charge >= 0.3 is 0 Å². The number of hydrogen-bond acceptors (Lipinski definition) is 3. The number of nitrogens with one attached hydrogen (secondary N) is 1. The van der Waals surface area contributed by atoms with Gasteiger partial charge in [0.05, 0.1) is 4.21 Å². The van der Waals surface area contributed by atoms with Gasteiger partial charge in [-0.3, -0.25) is 0 Å². The van der Waals surface area contributed by atoms with E-state index in [-0.39, 0.29) is 0 Å². The van der Waals surface area contributed by atoms with Gasteiger partial charge in [-0.1, -0.05) is 18.2 Å². The average molecular weight is 193 g/mol. The lowest BCUT2D eigenvalue weighted by Crippen LogP contribution is -1.75. The number of thiol groups is 1. The molecule has 2 rings (SSSR count). The van der Waals surface area contributed by atoms with Crippen LogP contribution in [0.1, 0.15) is 5.56 Å². The van der Waals surface area contributed by atoms with Gasteiger partial charge in [-0.05, 0) is 6.07 Å². The Bertz CT molecular complexity index is 431. The van der Waals surface area contributed by atoms with Gasteiger partial charge in [0.1, 0.15) is 0 Å². The van der Waals surface area contributed by atoms with Gasteiger partial charge < -0.3 is 5.41 Å². The second kappa shape index (κ2) is 2.92. The molecule has 0 aliphatic carbocycles. The summed E-state index contributed by atoms with van der Waals surface area (Å²) >= 11 is 5.92. The first-order valence-electron chi connectivity index (χ1n) is 3.54. The highest BCUT2D eigenvalue weighted by Crippen LogP contribution is 2.32. The van der Waals surface area contributed by atoms with Gasteiger partial charge in [0, 0.05) is 21.9 Å². The molecule has 0 radical (unpaired) electrons. The lowest BCUT2D eigenvalue weighted by molar-refractivity contribution is 1.54. The predicted molar refractivity (Wildman–Crippen MR) is 57.0 cm³/mol. The standard InChI is InChI=1S/C9H7NS2/c10-5-7-6-3-1-2-4-8(6)12-9(7)11/h1-5,10-11H. The monoisotopic (exact) mass is 193 g/mol. The van der Waals surface area contributed by atoms with Crippen molar-refractivity contribution in [1.82, 2.24) is 0 Å². The van der Waals surface area contributed by atoms with E-state index in [1.807, 2.05) is 24.3 Å². The quantitative estimate of drug-likeness (QED) is 0.513. The normalized spacial score (nSPS) is 10.4. The number of benzene rings is 1. The van der Waals surface area contributed by atoms with Crippen LogP contribution in [-0.4, -0.2) is 6.21 Å². The first-order chi connectivity index (χ1) is 5.83. The van der Waals surface area contributed by atoms with Gasteiger partial charge in [-0.25, -0.2) is 0 Å². The molecule has 0 aliphatic rings. The summed E-state index contributed by atoms with van der Waals surface area (Å²) in [6.45, 7) is 0. The summed E-state index contributed by atoms with van der Waals surface area (Å²) in [6.07, 6.45) is 1.36. The molecule has 1 heterocycles. The predicted octanol–water partition coefficient (Wildman–Crippen LogP) is 3.19. The van der Waals surface area contributed by atoms with Crippen LogP contribution in [0.5, 0.6) is 0 Å². The van der Waals surface area contributed by atoms with Crippen LogP contribution in [-0.2, 0) is 0 Å².